The maximum Gasteiger partial charge on any atom is 0.248 e. The number of aromatic hydroxyl groups is 1. The van der Waals surface area contributed by atoms with Crippen LogP contribution in [0.2, 0.25) is 0 Å². The van der Waals surface area contributed by atoms with E-state index in [-0.39, 0.29) is 74.6 Å². The Morgan fingerprint density at radius 1 is 0.726 bits per heavy atom. The molecule has 2 aromatic carbocycles. The SMILES string of the molecule is CC[C@H](C)C[C@H](C)CCCCCCCCC(=O)C[C@H]1C[C@@H](O)[C@@H](NCCN)NC(=O)[C@@H]2[C@@H](O)CCN2C(=O)[C@H]([C@H](O)CCNC(=O)[C@@H](CC(=O)[C@H](CC(C)C)NC(=O)[C@@H](CC=O)CCSC)Cc2ccccc2)NC(=O)[C@H]([C@H](O)[C@@H](O)c2ccc(O)cc2)CC(=O)[C@@H]2C[C@@H](O)CN2C(=O)[C@H]([C@@H](C)O)NC1=O. The summed E-state index contributed by atoms with van der Waals surface area (Å²) in [4.78, 5) is 160. The number of fused-ring (bicyclic) bond motifs is 2. The van der Waals surface area contributed by atoms with E-state index in [0.717, 1.165) is 48.3 Å². The van der Waals surface area contributed by atoms with Crippen LogP contribution in [0.4, 0.5) is 0 Å². The van der Waals surface area contributed by atoms with Gasteiger partial charge in [0.15, 0.2) is 11.6 Å². The van der Waals surface area contributed by atoms with Crippen LogP contribution >= 0.6 is 11.8 Å². The van der Waals surface area contributed by atoms with Crippen molar-refractivity contribution in [2.24, 2.45) is 47.2 Å². The van der Waals surface area contributed by atoms with Gasteiger partial charge in [-0.15, -0.1) is 0 Å². The molecule has 3 aliphatic rings. The van der Waals surface area contributed by atoms with Crippen molar-refractivity contribution >= 4 is 76.7 Å². The molecule has 106 heavy (non-hydrogen) atoms. The lowest BCUT2D eigenvalue weighted by molar-refractivity contribution is -0.149. The average Bonchev–Trinajstić information content (AvgIpc) is 1.59. The number of hydrogen-bond donors (Lipinski definition) is 15. The Kier molecular flexibility index (Phi) is 38.9. The summed E-state index contributed by atoms with van der Waals surface area (Å²) in [6, 6.07) is 4.87. The second-order valence-electron chi connectivity index (χ2n) is 30.0. The van der Waals surface area contributed by atoms with Gasteiger partial charge in [0.2, 0.25) is 41.4 Å². The molecule has 594 valence electrons. The van der Waals surface area contributed by atoms with Crippen molar-refractivity contribution in [1.29, 1.82) is 0 Å². The first-order valence-corrected chi connectivity index (χ1v) is 39.4. The van der Waals surface area contributed by atoms with Crippen LogP contribution in [0.1, 0.15) is 187 Å². The predicted molar refractivity (Wildman–Crippen MR) is 398 cm³/mol. The largest absolute Gasteiger partial charge is 0.508 e. The third kappa shape index (κ3) is 28.3. The van der Waals surface area contributed by atoms with Crippen LogP contribution in [0.25, 0.3) is 0 Å². The maximum absolute atomic E-state index is 15.5. The number of hydrogen-bond acceptors (Lipinski definition) is 22. The Labute approximate surface area is 628 Å². The Bertz CT molecular complexity index is 3130. The average molecular weight is 1510 g/mol. The molecule has 3 aliphatic heterocycles. The molecular weight excluding hydrogens is 1390 g/mol. The predicted octanol–water partition coefficient (Wildman–Crippen LogP) is 2.33. The summed E-state index contributed by atoms with van der Waals surface area (Å²) >= 11 is 1.50. The lowest BCUT2D eigenvalue weighted by atomic mass is 9.86. The highest BCUT2D eigenvalue weighted by Crippen LogP contribution is 2.32. The normalized spacial score (nSPS) is 24.9. The lowest BCUT2D eigenvalue weighted by Crippen LogP contribution is -2.63. The van der Waals surface area contributed by atoms with Gasteiger partial charge < -0.3 is 87.8 Å². The Morgan fingerprint density at radius 3 is 2.03 bits per heavy atom. The topological polar surface area (TPSA) is 454 Å². The summed E-state index contributed by atoms with van der Waals surface area (Å²) in [5.74, 6) is -12.7. The second-order valence-corrected chi connectivity index (χ2v) is 31.0. The van der Waals surface area contributed by atoms with E-state index in [2.05, 4.69) is 52.7 Å². The van der Waals surface area contributed by atoms with E-state index in [1.54, 1.807) is 30.3 Å². The Hall–Kier alpha value is -6.80. The molecule has 19 atom stereocenters. The number of nitrogens with two attached hydrogens (primary N) is 1. The third-order valence-electron chi connectivity index (χ3n) is 20.8. The van der Waals surface area contributed by atoms with Gasteiger partial charge in [-0.05, 0) is 111 Å². The van der Waals surface area contributed by atoms with Gasteiger partial charge in [-0.1, -0.05) is 122 Å². The smallest absolute Gasteiger partial charge is 0.248 e. The summed E-state index contributed by atoms with van der Waals surface area (Å²) in [5, 5.41) is 109. The molecule has 16 N–H and O–H groups in total. The molecule has 0 bridgehead atoms. The van der Waals surface area contributed by atoms with E-state index in [9.17, 15) is 84.0 Å². The number of carbonyl (C=O) groups is 11. The van der Waals surface area contributed by atoms with Crippen molar-refractivity contribution in [3.8, 4) is 5.75 Å². The number of carbonyl (C=O) groups excluding carboxylic acids is 11. The van der Waals surface area contributed by atoms with Gasteiger partial charge in [0.25, 0.3) is 0 Å². The van der Waals surface area contributed by atoms with Gasteiger partial charge in [0.1, 0.15) is 48.2 Å². The summed E-state index contributed by atoms with van der Waals surface area (Å²) in [5.41, 5.74) is 6.49. The number of amides is 7. The summed E-state index contributed by atoms with van der Waals surface area (Å²) in [6.07, 6.45) is -6.70. The van der Waals surface area contributed by atoms with E-state index in [0.29, 0.717) is 48.7 Å². The standard InChI is InChI=1S/C77H121N9O19S/c1-8-46(4)37-47(5)18-14-11-9-10-12-17-21-55(90)39-53-41-64(96)70(79-32-30-78)84-75(103)67-61(93)27-33-85(67)77(105)66(60(92)26-31-80-71(99)52(38-49-19-15-13-16-20-49)40-62(94)58(36-45(2)3)81-72(100)51(28-34-87)29-35-106-7)83-74(102)57(69(98)68(97)50-22-24-54(89)25-23-50)43-63(95)59-42-56(91)44-86(59)76(104)65(48(6)88)82-73(53)101/h13,15-16,19-20,22-25,34,45-48,51-53,56-61,64-70,79,88-89,91-93,96-98H,8-12,14,17-18,21,26-33,35-44,78H2,1-7H3,(H,80,99)(H,81,100)(H,82,101)(H,83,102)(H,84,103)/t46-,47+,48+,51-,52+,53-,56+,57-,58-,59-,60+,61-,64+,65-,66-,67-,68-,69-,70-/m0/s1. The van der Waals surface area contributed by atoms with Crippen LogP contribution in [-0.4, -0.2) is 233 Å². The highest BCUT2D eigenvalue weighted by molar-refractivity contribution is 7.98. The van der Waals surface area contributed by atoms with Crippen molar-refractivity contribution in [1.82, 2.24) is 41.7 Å². The number of ketones is 3. The number of nitrogens with one attached hydrogen (secondary N) is 6. The third-order valence-corrected chi connectivity index (χ3v) is 21.4. The first-order chi connectivity index (χ1) is 50.4. The minimum absolute atomic E-state index is 0.0156. The summed E-state index contributed by atoms with van der Waals surface area (Å²) < 4.78 is 0. The second kappa shape index (κ2) is 45.9. The fourth-order valence-corrected chi connectivity index (χ4v) is 14.9. The number of Topliss-reactive ketones (excluding diaryl/α,β-unsaturated/α-hetero) is 3. The number of nitrogens with zero attached hydrogens (tertiary/aromatic N) is 2. The Morgan fingerprint density at radius 2 is 1.39 bits per heavy atom. The molecular formula is C77H121N9O19S. The van der Waals surface area contributed by atoms with Gasteiger partial charge in [0, 0.05) is 89.0 Å². The number of rotatable bonds is 40. The number of phenols is 1. The number of unbranched alkanes of at least 4 members (excludes halogenated alkanes) is 5. The number of aldehydes is 1. The number of aliphatic hydroxyl groups is 7. The molecule has 0 radical (unpaired) electrons. The number of phenolic OH excluding ortho intramolecular Hbond substituents is 1. The van der Waals surface area contributed by atoms with E-state index in [1.165, 1.54) is 49.4 Å². The zero-order chi connectivity index (χ0) is 78.3. The van der Waals surface area contributed by atoms with Crippen molar-refractivity contribution in [3.05, 3.63) is 65.7 Å². The fraction of sp³-hybridized carbons (Fsp3) is 0.701. The molecule has 0 unspecified atom stereocenters. The van der Waals surface area contributed by atoms with E-state index in [4.69, 9.17) is 5.73 Å². The highest BCUT2D eigenvalue weighted by atomic mass is 32.2. The van der Waals surface area contributed by atoms with Crippen LogP contribution in [0, 0.1) is 41.4 Å². The zero-order valence-corrected chi connectivity index (χ0v) is 63.7. The molecule has 28 nitrogen and oxygen atoms in total. The lowest BCUT2D eigenvalue weighted by Gasteiger charge is -2.35. The van der Waals surface area contributed by atoms with Crippen LogP contribution in [0.15, 0.2) is 54.6 Å². The molecule has 7 amide bonds. The van der Waals surface area contributed by atoms with Crippen molar-refractivity contribution < 1.29 is 93.6 Å². The molecule has 29 heteroatoms. The molecule has 3 heterocycles. The van der Waals surface area contributed by atoms with Gasteiger partial charge in [-0.25, -0.2) is 0 Å². The van der Waals surface area contributed by atoms with E-state index >= 15 is 9.59 Å². The maximum atomic E-state index is 15.5. The van der Waals surface area contributed by atoms with Gasteiger partial charge in [-0.3, -0.25) is 53.3 Å². The highest BCUT2D eigenvalue weighted by Gasteiger charge is 2.49. The number of benzene rings is 2. The van der Waals surface area contributed by atoms with E-state index in [1.807, 2.05) is 20.1 Å². The summed E-state index contributed by atoms with van der Waals surface area (Å²) in [6.45, 7) is 10.0. The van der Waals surface area contributed by atoms with Crippen LogP contribution in [0.5, 0.6) is 5.75 Å². The molecule has 0 aliphatic carbocycles. The minimum Gasteiger partial charge on any atom is -0.508 e. The summed E-state index contributed by atoms with van der Waals surface area (Å²) in [7, 11) is 0. The van der Waals surface area contributed by atoms with Crippen molar-refractivity contribution in [2.45, 2.75) is 255 Å². The van der Waals surface area contributed by atoms with Gasteiger partial charge in [-0.2, -0.15) is 11.8 Å². The molecule has 0 spiro atoms. The van der Waals surface area contributed by atoms with Crippen molar-refractivity contribution in [3.63, 3.8) is 0 Å². The number of aliphatic hydroxyl groups excluding tert-OH is 7. The molecule has 3 saturated heterocycles. The van der Waals surface area contributed by atoms with Gasteiger partial charge >= 0.3 is 0 Å². The zero-order valence-electron chi connectivity index (χ0n) is 62.9. The molecule has 5 rings (SSSR count). The monoisotopic (exact) mass is 1510 g/mol. The molecule has 0 saturated carbocycles. The van der Waals surface area contributed by atoms with Crippen LogP contribution in [-0.2, 0) is 59.2 Å². The first-order valence-electron chi connectivity index (χ1n) is 38.1. The molecule has 0 aromatic heterocycles. The molecule has 2 aromatic rings. The minimum atomic E-state index is -2.29. The van der Waals surface area contributed by atoms with E-state index < -0.39 is 207 Å². The fourth-order valence-electron chi connectivity index (χ4n) is 14.4. The Balaban J connectivity index is 1.54. The van der Waals surface area contributed by atoms with Gasteiger partial charge in [0.05, 0.1) is 54.6 Å². The quantitative estimate of drug-likeness (QED) is 0.0336. The van der Waals surface area contributed by atoms with Crippen LogP contribution < -0.4 is 37.6 Å². The molecule has 3 fully saturated rings. The van der Waals surface area contributed by atoms with Crippen molar-refractivity contribution in [2.75, 3.05) is 44.7 Å². The van der Waals surface area contributed by atoms with Crippen LogP contribution in [0.3, 0.4) is 0 Å². The number of thioether (sulfide) groups is 1. The first kappa shape index (κ1) is 89.8.